The fraction of sp³-hybridized carbons (Fsp3) is 0.263. The Morgan fingerprint density at radius 2 is 1.92 bits per heavy atom. The number of hydrogen-bond donors (Lipinski definition) is 1. The third-order valence-corrected chi connectivity index (χ3v) is 4.77. The van der Waals surface area contributed by atoms with Crippen molar-refractivity contribution < 1.29 is 9.59 Å². The van der Waals surface area contributed by atoms with Gasteiger partial charge in [-0.2, -0.15) is 0 Å². The molecule has 1 saturated heterocycles. The first kappa shape index (κ1) is 16.5. The van der Waals surface area contributed by atoms with Crippen LogP contribution >= 0.6 is 11.6 Å². The van der Waals surface area contributed by atoms with Crippen LogP contribution < -0.4 is 10.2 Å². The Kier molecular flexibility index (Phi) is 4.58. The summed E-state index contributed by atoms with van der Waals surface area (Å²) in [7, 11) is 0. The molecular formula is C19H19ClN2O2. The first-order valence-corrected chi connectivity index (χ1v) is 8.26. The van der Waals surface area contributed by atoms with E-state index in [2.05, 4.69) is 5.32 Å². The molecule has 1 heterocycles. The van der Waals surface area contributed by atoms with Gasteiger partial charge in [0.25, 0.3) is 0 Å². The lowest BCUT2D eigenvalue weighted by Crippen LogP contribution is -2.28. The van der Waals surface area contributed by atoms with E-state index in [0.29, 0.717) is 11.6 Å². The molecular weight excluding hydrogens is 324 g/mol. The second kappa shape index (κ2) is 6.65. The quantitative estimate of drug-likeness (QED) is 0.918. The molecule has 0 aliphatic carbocycles. The monoisotopic (exact) mass is 342 g/mol. The van der Waals surface area contributed by atoms with Crippen molar-refractivity contribution in [2.75, 3.05) is 16.8 Å². The van der Waals surface area contributed by atoms with Gasteiger partial charge in [-0.3, -0.25) is 9.59 Å². The van der Waals surface area contributed by atoms with Gasteiger partial charge in [0.05, 0.1) is 5.92 Å². The van der Waals surface area contributed by atoms with Crippen LogP contribution in [0.2, 0.25) is 5.02 Å². The molecule has 0 unspecified atom stereocenters. The lowest BCUT2D eigenvalue weighted by molar-refractivity contribution is -0.122. The number of rotatable bonds is 3. The zero-order chi connectivity index (χ0) is 17.3. The van der Waals surface area contributed by atoms with Crippen LogP contribution in [0.25, 0.3) is 0 Å². The van der Waals surface area contributed by atoms with E-state index < -0.39 is 0 Å². The molecule has 1 fully saturated rings. The maximum Gasteiger partial charge on any atom is 0.229 e. The van der Waals surface area contributed by atoms with Gasteiger partial charge in [-0.05, 0) is 43.2 Å². The summed E-state index contributed by atoms with van der Waals surface area (Å²) in [6.45, 7) is 4.22. The molecule has 24 heavy (non-hydrogen) atoms. The van der Waals surface area contributed by atoms with Gasteiger partial charge in [0.1, 0.15) is 0 Å². The highest BCUT2D eigenvalue weighted by Crippen LogP contribution is 2.29. The fourth-order valence-corrected chi connectivity index (χ4v) is 3.01. The summed E-state index contributed by atoms with van der Waals surface area (Å²) in [4.78, 5) is 26.4. The minimum Gasteiger partial charge on any atom is -0.326 e. The van der Waals surface area contributed by atoms with Gasteiger partial charge in [0.2, 0.25) is 11.8 Å². The molecule has 1 atom stereocenters. The van der Waals surface area contributed by atoms with Crippen LogP contribution in [0.15, 0.2) is 42.5 Å². The Morgan fingerprint density at radius 1 is 1.17 bits per heavy atom. The molecule has 3 rings (SSSR count). The summed E-state index contributed by atoms with van der Waals surface area (Å²) in [5.74, 6) is -0.546. The lowest BCUT2D eigenvalue weighted by Gasteiger charge is -2.18. The van der Waals surface area contributed by atoms with E-state index in [-0.39, 0.29) is 24.2 Å². The molecule has 2 aromatic rings. The zero-order valence-corrected chi connectivity index (χ0v) is 14.4. The van der Waals surface area contributed by atoms with Crippen molar-refractivity contribution in [2.24, 2.45) is 5.92 Å². The zero-order valence-electron chi connectivity index (χ0n) is 13.7. The first-order chi connectivity index (χ1) is 11.5. The van der Waals surface area contributed by atoms with Gasteiger partial charge in [0, 0.05) is 29.4 Å². The number of carbonyl (C=O) groups is 2. The van der Waals surface area contributed by atoms with E-state index in [1.54, 1.807) is 11.0 Å². The number of hydrogen-bond acceptors (Lipinski definition) is 2. The Hall–Kier alpha value is -2.33. The first-order valence-electron chi connectivity index (χ1n) is 7.88. The molecule has 0 saturated carbocycles. The van der Waals surface area contributed by atoms with E-state index in [0.717, 1.165) is 22.5 Å². The number of nitrogens with one attached hydrogen (secondary N) is 1. The number of halogens is 1. The topological polar surface area (TPSA) is 49.4 Å². The van der Waals surface area contributed by atoms with Gasteiger partial charge in [-0.25, -0.2) is 0 Å². The van der Waals surface area contributed by atoms with Crippen LogP contribution in [0.4, 0.5) is 11.4 Å². The van der Waals surface area contributed by atoms with Crippen molar-refractivity contribution in [3.8, 4) is 0 Å². The van der Waals surface area contributed by atoms with Crippen LogP contribution in [-0.4, -0.2) is 18.4 Å². The second-order valence-electron chi connectivity index (χ2n) is 6.14. The van der Waals surface area contributed by atoms with Gasteiger partial charge < -0.3 is 10.2 Å². The number of nitrogens with zero attached hydrogens (tertiary/aromatic N) is 1. The molecule has 0 radical (unpaired) electrons. The van der Waals surface area contributed by atoms with Crippen molar-refractivity contribution in [2.45, 2.75) is 20.3 Å². The van der Waals surface area contributed by atoms with Crippen molar-refractivity contribution in [1.29, 1.82) is 0 Å². The largest absolute Gasteiger partial charge is 0.326 e. The van der Waals surface area contributed by atoms with Gasteiger partial charge >= 0.3 is 0 Å². The normalized spacial score (nSPS) is 17.2. The minimum absolute atomic E-state index is 0.0557. The van der Waals surface area contributed by atoms with Crippen LogP contribution in [-0.2, 0) is 9.59 Å². The number of aryl methyl sites for hydroxylation is 2. The van der Waals surface area contributed by atoms with E-state index in [9.17, 15) is 9.59 Å². The Balaban J connectivity index is 1.73. The number of anilines is 2. The minimum atomic E-state index is -0.364. The fourth-order valence-electron chi connectivity index (χ4n) is 2.83. The Morgan fingerprint density at radius 3 is 2.62 bits per heavy atom. The Bertz CT molecular complexity index is 804. The number of carbonyl (C=O) groups excluding carboxylic acids is 2. The average Bonchev–Trinajstić information content (AvgIpc) is 2.94. The third kappa shape index (κ3) is 3.29. The molecule has 1 aliphatic rings. The molecule has 5 heteroatoms. The maximum atomic E-state index is 12.5. The van der Waals surface area contributed by atoms with E-state index >= 15 is 0 Å². The highest BCUT2D eigenvalue weighted by Gasteiger charge is 2.35. The molecule has 0 spiro atoms. The number of amides is 2. The molecule has 4 nitrogen and oxygen atoms in total. The van der Waals surface area contributed by atoms with Crippen molar-refractivity contribution >= 4 is 34.8 Å². The molecule has 2 aromatic carbocycles. The summed E-state index contributed by atoms with van der Waals surface area (Å²) in [5.41, 5.74) is 3.48. The predicted octanol–water partition coefficient (Wildman–Crippen LogP) is 3.95. The van der Waals surface area contributed by atoms with Crippen LogP contribution in [0.5, 0.6) is 0 Å². The smallest absolute Gasteiger partial charge is 0.229 e. The van der Waals surface area contributed by atoms with Crippen LogP contribution in [0.1, 0.15) is 17.5 Å². The van der Waals surface area contributed by atoms with Gasteiger partial charge in [-0.1, -0.05) is 35.9 Å². The van der Waals surface area contributed by atoms with Gasteiger partial charge in [-0.15, -0.1) is 0 Å². The van der Waals surface area contributed by atoms with E-state index in [1.807, 2.05) is 50.2 Å². The van der Waals surface area contributed by atoms with E-state index in [4.69, 9.17) is 11.6 Å². The second-order valence-corrected chi connectivity index (χ2v) is 6.55. The SMILES string of the molecule is Cc1ccc(N2C[C@@H](C(=O)Nc3ccccc3C)CC2=O)cc1Cl. The molecule has 1 aliphatic heterocycles. The van der Waals surface area contributed by atoms with Gasteiger partial charge in [0.15, 0.2) is 0 Å². The third-order valence-electron chi connectivity index (χ3n) is 4.37. The highest BCUT2D eigenvalue weighted by molar-refractivity contribution is 6.31. The number of para-hydroxylation sites is 1. The summed E-state index contributed by atoms with van der Waals surface area (Å²) >= 11 is 6.15. The maximum absolute atomic E-state index is 12.5. The highest BCUT2D eigenvalue weighted by atomic mass is 35.5. The van der Waals surface area contributed by atoms with Crippen molar-refractivity contribution in [3.05, 3.63) is 58.6 Å². The molecule has 0 bridgehead atoms. The van der Waals surface area contributed by atoms with E-state index in [1.165, 1.54) is 0 Å². The van der Waals surface area contributed by atoms with Crippen LogP contribution in [0, 0.1) is 19.8 Å². The standard InChI is InChI=1S/C19H19ClN2O2/c1-12-7-8-15(10-16(12)20)22-11-14(9-18(22)23)19(24)21-17-6-4-3-5-13(17)2/h3-8,10,14H,9,11H2,1-2H3,(H,21,24)/t14-/m0/s1. The number of benzene rings is 2. The molecule has 0 aromatic heterocycles. The Labute approximate surface area is 146 Å². The summed E-state index contributed by atoms with van der Waals surface area (Å²) < 4.78 is 0. The van der Waals surface area contributed by atoms with Crippen molar-refractivity contribution in [1.82, 2.24) is 0 Å². The van der Waals surface area contributed by atoms with Crippen LogP contribution in [0.3, 0.4) is 0 Å². The lowest BCUT2D eigenvalue weighted by atomic mass is 10.1. The molecule has 2 amide bonds. The predicted molar refractivity (Wildman–Crippen MR) is 96.5 cm³/mol. The summed E-state index contributed by atoms with van der Waals surface area (Å²) in [6, 6.07) is 13.1. The summed E-state index contributed by atoms with van der Waals surface area (Å²) in [5, 5.41) is 3.54. The molecule has 1 N–H and O–H groups in total. The van der Waals surface area contributed by atoms with Crippen molar-refractivity contribution in [3.63, 3.8) is 0 Å². The summed E-state index contributed by atoms with van der Waals surface area (Å²) in [6.07, 6.45) is 0.212. The average molecular weight is 343 g/mol. The molecule has 124 valence electrons.